The van der Waals surface area contributed by atoms with Crippen LogP contribution in [0.1, 0.15) is 5.69 Å². The van der Waals surface area contributed by atoms with Crippen molar-refractivity contribution in [2.24, 2.45) is 0 Å². The second-order valence-electron chi connectivity index (χ2n) is 7.25. The molecule has 0 spiro atoms. The lowest BCUT2D eigenvalue weighted by Gasteiger charge is -2.37. The average molecular weight is 384 g/mol. The third-order valence-corrected chi connectivity index (χ3v) is 5.37. The monoisotopic (exact) mass is 384 g/mol. The van der Waals surface area contributed by atoms with E-state index in [9.17, 15) is 9.18 Å². The number of nitrogens with zero attached hydrogens (tertiary/aromatic N) is 6. The molecule has 2 aliphatic heterocycles. The van der Waals surface area contributed by atoms with Crippen LogP contribution >= 0.6 is 0 Å². The largest absolute Gasteiger partial charge is 0.368 e. The first-order valence-corrected chi connectivity index (χ1v) is 9.68. The van der Waals surface area contributed by atoms with Gasteiger partial charge in [0, 0.05) is 69.8 Å². The molecule has 2 aromatic rings. The summed E-state index contributed by atoms with van der Waals surface area (Å²) in [6.07, 6.45) is 0.903. The lowest BCUT2D eigenvalue weighted by Crippen LogP contribution is -2.48. The number of piperazine rings is 2. The van der Waals surface area contributed by atoms with Crippen molar-refractivity contribution >= 4 is 23.9 Å². The molecule has 0 aliphatic carbocycles. The third kappa shape index (κ3) is 4.00. The Kier molecular flexibility index (Phi) is 5.27. The van der Waals surface area contributed by atoms with Gasteiger partial charge in [0.2, 0.25) is 12.4 Å². The molecule has 0 radical (unpaired) electrons. The first-order chi connectivity index (χ1) is 13.6. The summed E-state index contributed by atoms with van der Waals surface area (Å²) in [6, 6.07) is 8.70. The number of halogens is 1. The van der Waals surface area contributed by atoms with E-state index in [1.807, 2.05) is 25.1 Å². The van der Waals surface area contributed by atoms with Crippen LogP contribution in [0.15, 0.2) is 30.3 Å². The number of benzene rings is 1. The minimum atomic E-state index is -0.208. The van der Waals surface area contributed by atoms with Gasteiger partial charge in [-0.3, -0.25) is 4.79 Å². The molecule has 0 atom stereocenters. The Balaban J connectivity index is 1.43. The van der Waals surface area contributed by atoms with E-state index in [2.05, 4.69) is 19.7 Å². The van der Waals surface area contributed by atoms with Crippen LogP contribution in [0.4, 0.5) is 21.8 Å². The Morgan fingerprint density at radius 3 is 2.11 bits per heavy atom. The highest BCUT2D eigenvalue weighted by Gasteiger charge is 2.22. The highest BCUT2D eigenvalue weighted by Crippen LogP contribution is 2.22. The lowest BCUT2D eigenvalue weighted by atomic mass is 10.2. The smallest absolute Gasteiger partial charge is 0.227 e. The maximum atomic E-state index is 13.1. The van der Waals surface area contributed by atoms with Crippen LogP contribution < -0.4 is 14.7 Å². The van der Waals surface area contributed by atoms with Crippen molar-refractivity contribution in [1.29, 1.82) is 0 Å². The predicted molar refractivity (Wildman–Crippen MR) is 107 cm³/mol. The number of anilines is 3. The molecule has 1 aromatic carbocycles. The van der Waals surface area contributed by atoms with Gasteiger partial charge in [0.1, 0.15) is 11.6 Å². The van der Waals surface area contributed by atoms with Gasteiger partial charge in [-0.15, -0.1) is 0 Å². The summed E-state index contributed by atoms with van der Waals surface area (Å²) in [5, 5.41) is 0. The fourth-order valence-electron chi connectivity index (χ4n) is 3.71. The Morgan fingerprint density at radius 1 is 0.857 bits per heavy atom. The van der Waals surface area contributed by atoms with Crippen LogP contribution in [-0.2, 0) is 4.79 Å². The van der Waals surface area contributed by atoms with Crippen LogP contribution in [-0.4, -0.2) is 73.6 Å². The standard InChI is InChI=1S/C20H25FN6O/c1-16-14-19(23-20(22-16)27-8-6-24(15-28)7-9-27)26-12-10-25(11-13-26)18-4-2-17(21)3-5-18/h2-5,14-15H,6-13H2,1H3. The molecule has 0 unspecified atom stereocenters. The molecule has 0 saturated carbocycles. The average Bonchev–Trinajstić information content (AvgIpc) is 2.74. The van der Waals surface area contributed by atoms with Crippen LogP contribution in [0.5, 0.6) is 0 Å². The lowest BCUT2D eigenvalue weighted by molar-refractivity contribution is -0.118. The van der Waals surface area contributed by atoms with Crippen LogP contribution in [0.2, 0.25) is 0 Å². The number of hydrogen-bond acceptors (Lipinski definition) is 6. The molecule has 0 N–H and O–H groups in total. The Labute approximate surface area is 164 Å². The topological polar surface area (TPSA) is 55.8 Å². The molecule has 2 aliphatic rings. The van der Waals surface area contributed by atoms with E-state index in [0.29, 0.717) is 13.1 Å². The van der Waals surface area contributed by atoms with E-state index in [4.69, 9.17) is 4.98 Å². The predicted octanol–water partition coefficient (Wildman–Crippen LogP) is 1.53. The van der Waals surface area contributed by atoms with Gasteiger partial charge in [-0.25, -0.2) is 9.37 Å². The summed E-state index contributed by atoms with van der Waals surface area (Å²) in [4.78, 5) is 28.8. The zero-order chi connectivity index (χ0) is 19.5. The number of hydrogen-bond donors (Lipinski definition) is 0. The zero-order valence-electron chi connectivity index (χ0n) is 16.1. The minimum absolute atomic E-state index is 0.208. The summed E-state index contributed by atoms with van der Waals surface area (Å²) in [6.45, 7) is 8.33. The maximum absolute atomic E-state index is 13.1. The molecule has 2 fully saturated rings. The molecule has 2 saturated heterocycles. The number of rotatable bonds is 4. The van der Waals surface area contributed by atoms with Gasteiger partial charge in [-0.05, 0) is 31.2 Å². The SMILES string of the molecule is Cc1cc(N2CCN(c3ccc(F)cc3)CC2)nc(N2CCN(C=O)CC2)n1. The number of carbonyl (C=O) groups is 1. The fraction of sp³-hybridized carbons (Fsp3) is 0.450. The summed E-state index contributed by atoms with van der Waals surface area (Å²) < 4.78 is 13.1. The van der Waals surface area contributed by atoms with Gasteiger partial charge in [0.25, 0.3) is 0 Å². The van der Waals surface area contributed by atoms with Crippen LogP contribution in [0.25, 0.3) is 0 Å². The molecule has 0 bridgehead atoms. The molecule has 1 amide bonds. The number of amides is 1. The van der Waals surface area contributed by atoms with Crippen molar-refractivity contribution in [3.63, 3.8) is 0 Å². The third-order valence-electron chi connectivity index (χ3n) is 5.37. The molecule has 7 nitrogen and oxygen atoms in total. The van der Waals surface area contributed by atoms with Gasteiger partial charge in [0.05, 0.1) is 0 Å². The molecular formula is C20H25FN6O. The molecule has 8 heteroatoms. The Morgan fingerprint density at radius 2 is 1.46 bits per heavy atom. The summed E-state index contributed by atoms with van der Waals surface area (Å²) in [7, 11) is 0. The van der Waals surface area contributed by atoms with Crippen molar-refractivity contribution in [2.45, 2.75) is 6.92 Å². The van der Waals surface area contributed by atoms with Gasteiger partial charge in [0.15, 0.2) is 0 Å². The highest BCUT2D eigenvalue weighted by molar-refractivity contribution is 5.52. The van der Waals surface area contributed by atoms with E-state index in [1.54, 1.807) is 4.90 Å². The molecule has 28 heavy (non-hydrogen) atoms. The first kappa shape index (κ1) is 18.5. The quantitative estimate of drug-likeness (QED) is 0.746. The number of aromatic nitrogens is 2. The highest BCUT2D eigenvalue weighted by atomic mass is 19.1. The van der Waals surface area contributed by atoms with Gasteiger partial charge < -0.3 is 19.6 Å². The Hall–Kier alpha value is -2.90. The summed E-state index contributed by atoms with van der Waals surface area (Å²) >= 11 is 0. The van der Waals surface area contributed by atoms with E-state index >= 15 is 0 Å². The van der Waals surface area contributed by atoms with Crippen molar-refractivity contribution in [3.8, 4) is 0 Å². The van der Waals surface area contributed by atoms with E-state index in [-0.39, 0.29) is 5.82 Å². The molecule has 148 valence electrons. The first-order valence-electron chi connectivity index (χ1n) is 9.68. The van der Waals surface area contributed by atoms with Crippen molar-refractivity contribution in [2.75, 3.05) is 67.1 Å². The molecule has 1 aromatic heterocycles. The van der Waals surface area contributed by atoms with Crippen LogP contribution in [0.3, 0.4) is 0 Å². The molecular weight excluding hydrogens is 359 g/mol. The Bertz CT molecular complexity index is 814. The number of carbonyl (C=O) groups excluding carboxylic acids is 1. The van der Waals surface area contributed by atoms with Crippen molar-refractivity contribution in [1.82, 2.24) is 14.9 Å². The van der Waals surface area contributed by atoms with Crippen LogP contribution in [0, 0.1) is 12.7 Å². The fourth-order valence-corrected chi connectivity index (χ4v) is 3.71. The second-order valence-corrected chi connectivity index (χ2v) is 7.25. The number of aryl methyl sites for hydroxylation is 1. The van der Waals surface area contributed by atoms with Gasteiger partial charge in [-0.2, -0.15) is 4.98 Å². The van der Waals surface area contributed by atoms with E-state index in [1.165, 1.54) is 12.1 Å². The van der Waals surface area contributed by atoms with Crippen molar-refractivity contribution < 1.29 is 9.18 Å². The summed E-state index contributed by atoms with van der Waals surface area (Å²) in [5.74, 6) is 1.47. The molecule has 4 rings (SSSR count). The maximum Gasteiger partial charge on any atom is 0.227 e. The molecule has 3 heterocycles. The van der Waals surface area contributed by atoms with Gasteiger partial charge >= 0.3 is 0 Å². The summed E-state index contributed by atoms with van der Waals surface area (Å²) in [5.41, 5.74) is 1.99. The normalized spacial score (nSPS) is 17.8. The van der Waals surface area contributed by atoms with E-state index < -0.39 is 0 Å². The zero-order valence-corrected chi connectivity index (χ0v) is 16.1. The second kappa shape index (κ2) is 8.00. The van der Waals surface area contributed by atoms with Crippen molar-refractivity contribution in [3.05, 3.63) is 41.8 Å². The van der Waals surface area contributed by atoms with Gasteiger partial charge in [-0.1, -0.05) is 0 Å². The van der Waals surface area contributed by atoms with E-state index in [0.717, 1.165) is 68.8 Å². The minimum Gasteiger partial charge on any atom is -0.368 e.